The number of carbonyl (C=O) groups excluding carboxylic acids is 1. The summed E-state index contributed by atoms with van der Waals surface area (Å²) in [6.07, 6.45) is 5.07. The summed E-state index contributed by atoms with van der Waals surface area (Å²) in [6.45, 7) is 8.57. The Kier molecular flexibility index (Phi) is 8.01. The molecule has 1 fully saturated rings. The van der Waals surface area contributed by atoms with Crippen LogP contribution in [-0.4, -0.2) is 70.6 Å². The third-order valence-corrected chi connectivity index (χ3v) is 6.62. The van der Waals surface area contributed by atoms with Crippen molar-refractivity contribution < 1.29 is 23.0 Å². The lowest BCUT2D eigenvalue weighted by atomic mass is 9.85. The molecule has 2 aliphatic rings. The fourth-order valence-electron chi connectivity index (χ4n) is 5.09. The van der Waals surface area contributed by atoms with Crippen molar-refractivity contribution in [1.82, 2.24) is 25.0 Å². The molecule has 1 aliphatic heterocycles. The minimum absolute atomic E-state index is 0.00191. The van der Waals surface area contributed by atoms with E-state index in [1.165, 1.54) is 6.20 Å². The molecule has 0 radical (unpaired) electrons. The molecular weight excluding hydrogens is 456 g/mol. The molecule has 3 atom stereocenters. The third kappa shape index (κ3) is 6.16. The summed E-state index contributed by atoms with van der Waals surface area (Å²) in [6, 6.07) is 1.68. The van der Waals surface area contributed by atoms with E-state index < -0.39 is 6.61 Å². The highest BCUT2D eigenvalue weighted by Gasteiger charge is 2.32. The van der Waals surface area contributed by atoms with E-state index in [2.05, 4.69) is 26.9 Å². The number of pyridine rings is 1. The standard InChI is InChI=1S/C25H35F2N5O3/c1-15(2)32-22-10-18(24(33)29-16(3)13-31-7-8-34-17(4)14-31)5-6-21(22)23(30-32)19-9-20(12-28-11-19)35-25(26)27/h9,11-12,15-18,25H,5-8,10,13-14H2,1-4H3,(H,29,33). The van der Waals surface area contributed by atoms with Gasteiger partial charge in [-0.25, -0.2) is 0 Å². The number of rotatable bonds is 8. The molecule has 0 saturated carbocycles. The highest BCUT2D eigenvalue weighted by Crippen LogP contribution is 2.35. The second-order valence-corrected chi connectivity index (χ2v) is 9.89. The van der Waals surface area contributed by atoms with E-state index in [9.17, 15) is 13.6 Å². The lowest BCUT2D eigenvalue weighted by Crippen LogP contribution is -2.49. The zero-order chi connectivity index (χ0) is 25.1. The maximum atomic E-state index is 13.1. The van der Waals surface area contributed by atoms with Crippen molar-refractivity contribution in [3.63, 3.8) is 0 Å². The number of amides is 1. The first-order valence-corrected chi connectivity index (χ1v) is 12.4. The van der Waals surface area contributed by atoms with Crippen molar-refractivity contribution in [2.45, 2.75) is 71.8 Å². The number of hydrogen-bond donors (Lipinski definition) is 1. The zero-order valence-electron chi connectivity index (χ0n) is 20.8. The van der Waals surface area contributed by atoms with Crippen LogP contribution in [0.1, 0.15) is 51.4 Å². The first-order valence-electron chi connectivity index (χ1n) is 12.4. The summed E-state index contributed by atoms with van der Waals surface area (Å²) >= 11 is 0. The first kappa shape index (κ1) is 25.5. The number of hydrogen-bond acceptors (Lipinski definition) is 6. The molecule has 2 aromatic heterocycles. The summed E-state index contributed by atoms with van der Waals surface area (Å²) in [7, 11) is 0. The van der Waals surface area contributed by atoms with E-state index in [0.717, 1.165) is 43.2 Å². The molecule has 1 N–H and O–H groups in total. The van der Waals surface area contributed by atoms with E-state index >= 15 is 0 Å². The van der Waals surface area contributed by atoms with Gasteiger partial charge in [0.25, 0.3) is 0 Å². The van der Waals surface area contributed by atoms with E-state index in [0.29, 0.717) is 24.8 Å². The van der Waals surface area contributed by atoms with E-state index in [4.69, 9.17) is 9.84 Å². The van der Waals surface area contributed by atoms with Crippen LogP contribution in [0.25, 0.3) is 11.3 Å². The van der Waals surface area contributed by atoms with Gasteiger partial charge in [-0.2, -0.15) is 13.9 Å². The molecule has 35 heavy (non-hydrogen) atoms. The molecule has 0 spiro atoms. The van der Waals surface area contributed by atoms with Gasteiger partial charge in [0.15, 0.2) is 0 Å². The van der Waals surface area contributed by atoms with Gasteiger partial charge in [-0.15, -0.1) is 0 Å². The Morgan fingerprint density at radius 1 is 1.31 bits per heavy atom. The van der Waals surface area contributed by atoms with Crippen LogP contribution in [-0.2, 0) is 22.4 Å². The highest BCUT2D eigenvalue weighted by molar-refractivity contribution is 5.80. The van der Waals surface area contributed by atoms with Gasteiger partial charge in [0.1, 0.15) is 5.75 Å². The van der Waals surface area contributed by atoms with Gasteiger partial charge in [-0.3, -0.25) is 19.4 Å². The van der Waals surface area contributed by atoms with Crippen LogP contribution in [0.15, 0.2) is 18.5 Å². The average molecular weight is 492 g/mol. The van der Waals surface area contributed by atoms with Gasteiger partial charge in [-0.05, 0) is 46.6 Å². The number of fused-ring (bicyclic) bond motifs is 1. The summed E-state index contributed by atoms with van der Waals surface area (Å²) in [5.74, 6) is -0.0687. The average Bonchev–Trinajstić information content (AvgIpc) is 3.18. The number of nitrogens with one attached hydrogen (secondary N) is 1. The number of alkyl halides is 2. The highest BCUT2D eigenvalue weighted by atomic mass is 19.3. The molecule has 2 aromatic rings. The SMILES string of the molecule is CC(CN1CCOC(C)C1)NC(=O)C1CCc2c(-c3cncc(OC(F)F)c3)nn(C(C)C)c2C1. The van der Waals surface area contributed by atoms with Gasteiger partial charge < -0.3 is 14.8 Å². The molecule has 3 heterocycles. The number of aromatic nitrogens is 3. The molecule has 1 saturated heterocycles. The number of morpholine rings is 1. The maximum Gasteiger partial charge on any atom is 0.387 e. The Morgan fingerprint density at radius 3 is 2.83 bits per heavy atom. The Labute approximate surface area is 205 Å². The van der Waals surface area contributed by atoms with Crippen molar-refractivity contribution >= 4 is 5.91 Å². The Balaban J connectivity index is 1.47. The number of nitrogens with zero attached hydrogens (tertiary/aromatic N) is 4. The predicted octanol–water partition coefficient (Wildman–Crippen LogP) is 3.46. The Hall–Kier alpha value is -2.59. The summed E-state index contributed by atoms with van der Waals surface area (Å²) in [5.41, 5.74) is 3.43. The van der Waals surface area contributed by atoms with Crippen LogP contribution in [0.4, 0.5) is 8.78 Å². The summed E-state index contributed by atoms with van der Waals surface area (Å²) in [5, 5.41) is 8.01. The molecule has 8 nitrogen and oxygen atoms in total. The molecule has 4 rings (SSSR count). The fourth-order valence-corrected chi connectivity index (χ4v) is 5.09. The molecule has 1 amide bonds. The molecule has 3 unspecified atom stereocenters. The van der Waals surface area contributed by atoms with Crippen molar-refractivity contribution in [3.8, 4) is 17.0 Å². The Bertz CT molecular complexity index is 1030. The molecule has 192 valence electrons. The zero-order valence-corrected chi connectivity index (χ0v) is 20.8. The van der Waals surface area contributed by atoms with Crippen LogP contribution < -0.4 is 10.1 Å². The largest absolute Gasteiger partial charge is 0.433 e. The fraction of sp³-hybridized carbons (Fsp3) is 0.640. The molecule has 0 bridgehead atoms. The molecule has 10 heteroatoms. The lowest BCUT2D eigenvalue weighted by molar-refractivity contribution is -0.126. The second-order valence-electron chi connectivity index (χ2n) is 9.89. The van der Waals surface area contributed by atoms with Crippen LogP contribution in [0.5, 0.6) is 5.75 Å². The quantitative estimate of drug-likeness (QED) is 0.609. The van der Waals surface area contributed by atoms with Crippen LogP contribution >= 0.6 is 0 Å². The van der Waals surface area contributed by atoms with Crippen LogP contribution in [0.2, 0.25) is 0 Å². The summed E-state index contributed by atoms with van der Waals surface area (Å²) in [4.78, 5) is 19.5. The van der Waals surface area contributed by atoms with Gasteiger partial charge in [-0.1, -0.05) is 0 Å². The minimum atomic E-state index is -2.91. The lowest BCUT2D eigenvalue weighted by Gasteiger charge is -2.33. The van der Waals surface area contributed by atoms with Crippen molar-refractivity contribution in [3.05, 3.63) is 29.7 Å². The van der Waals surface area contributed by atoms with Crippen LogP contribution in [0, 0.1) is 5.92 Å². The van der Waals surface area contributed by atoms with Gasteiger partial charge >= 0.3 is 6.61 Å². The van der Waals surface area contributed by atoms with Gasteiger partial charge in [0, 0.05) is 67.1 Å². The summed E-state index contributed by atoms with van der Waals surface area (Å²) < 4.78 is 37.4. The van der Waals surface area contributed by atoms with Crippen molar-refractivity contribution in [2.24, 2.45) is 5.92 Å². The second kappa shape index (κ2) is 11.0. The first-order chi connectivity index (χ1) is 16.7. The predicted molar refractivity (Wildman–Crippen MR) is 127 cm³/mol. The van der Waals surface area contributed by atoms with E-state index in [-0.39, 0.29) is 35.8 Å². The van der Waals surface area contributed by atoms with Crippen LogP contribution in [0.3, 0.4) is 0 Å². The number of ether oxygens (including phenoxy) is 2. The smallest absolute Gasteiger partial charge is 0.387 e. The van der Waals surface area contributed by atoms with Crippen molar-refractivity contribution in [1.29, 1.82) is 0 Å². The maximum absolute atomic E-state index is 13.1. The number of carbonyl (C=O) groups is 1. The van der Waals surface area contributed by atoms with E-state index in [1.807, 2.05) is 25.5 Å². The monoisotopic (exact) mass is 491 g/mol. The number of halogens is 2. The third-order valence-electron chi connectivity index (χ3n) is 6.62. The molecule has 1 aliphatic carbocycles. The topological polar surface area (TPSA) is 81.5 Å². The van der Waals surface area contributed by atoms with E-state index in [1.54, 1.807) is 12.3 Å². The van der Waals surface area contributed by atoms with Gasteiger partial charge in [0.05, 0.1) is 24.6 Å². The normalized spacial score (nSPS) is 21.7. The molecule has 0 aromatic carbocycles. The minimum Gasteiger partial charge on any atom is -0.433 e. The van der Waals surface area contributed by atoms with Gasteiger partial charge in [0.2, 0.25) is 5.91 Å². The Morgan fingerprint density at radius 2 is 2.11 bits per heavy atom. The van der Waals surface area contributed by atoms with Crippen molar-refractivity contribution in [2.75, 3.05) is 26.2 Å². The molecular formula is C25H35F2N5O3.